The molecule has 0 spiro atoms. The standard InChI is InChI=1S/C41H78N2O6S/c1-5-7-9-11-14-18-23-37(22-17-10-8-6-2)35-49-41(46)38(40(45)42-26-20-27-43-28-31-47-32-29-43)24-33-50-34-25-39(44)48-30-19-15-12-13-16-21-36(3)4/h36-38H,5-35H2,1-4H3,(H,42,45). The smallest absolute Gasteiger partial charge is 0.318 e. The molecule has 0 bridgehead atoms. The van der Waals surface area contributed by atoms with E-state index in [0.29, 0.717) is 50.0 Å². The van der Waals surface area contributed by atoms with E-state index in [1.54, 1.807) is 11.8 Å². The number of hydrogen-bond acceptors (Lipinski definition) is 8. The summed E-state index contributed by atoms with van der Waals surface area (Å²) in [5.41, 5.74) is 0. The fourth-order valence-corrected chi connectivity index (χ4v) is 7.32. The molecule has 1 amide bonds. The van der Waals surface area contributed by atoms with Crippen molar-refractivity contribution in [3.8, 4) is 0 Å². The summed E-state index contributed by atoms with van der Waals surface area (Å²) in [5, 5.41) is 3.03. The van der Waals surface area contributed by atoms with Gasteiger partial charge in [-0.15, -0.1) is 0 Å². The molecule has 0 aromatic carbocycles. The van der Waals surface area contributed by atoms with E-state index in [-0.39, 0.29) is 11.9 Å². The Morgan fingerprint density at radius 2 is 1.32 bits per heavy atom. The van der Waals surface area contributed by atoms with Gasteiger partial charge in [0.2, 0.25) is 5.91 Å². The van der Waals surface area contributed by atoms with Crippen LogP contribution in [0.5, 0.6) is 0 Å². The second kappa shape index (κ2) is 33.5. The van der Waals surface area contributed by atoms with Crippen LogP contribution in [0.25, 0.3) is 0 Å². The highest BCUT2D eigenvalue weighted by atomic mass is 32.2. The van der Waals surface area contributed by atoms with Crippen LogP contribution in [0.4, 0.5) is 0 Å². The molecule has 2 atom stereocenters. The van der Waals surface area contributed by atoms with Gasteiger partial charge in [-0.1, -0.05) is 124 Å². The van der Waals surface area contributed by atoms with Gasteiger partial charge in [-0.25, -0.2) is 0 Å². The number of amides is 1. The first-order chi connectivity index (χ1) is 24.4. The van der Waals surface area contributed by atoms with Crippen LogP contribution < -0.4 is 5.32 Å². The monoisotopic (exact) mass is 727 g/mol. The van der Waals surface area contributed by atoms with Crippen LogP contribution in [0.15, 0.2) is 0 Å². The molecule has 9 heteroatoms. The summed E-state index contributed by atoms with van der Waals surface area (Å²) in [4.78, 5) is 41.4. The molecule has 1 heterocycles. The summed E-state index contributed by atoms with van der Waals surface area (Å²) in [6, 6.07) is 0. The van der Waals surface area contributed by atoms with Gasteiger partial charge in [0.05, 0.1) is 32.8 Å². The van der Waals surface area contributed by atoms with Crippen LogP contribution in [0, 0.1) is 17.8 Å². The summed E-state index contributed by atoms with van der Waals surface area (Å²) in [7, 11) is 0. The Morgan fingerprint density at radius 1 is 0.720 bits per heavy atom. The van der Waals surface area contributed by atoms with Crippen molar-refractivity contribution in [3.05, 3.63) is 0 Å². The summed E-state index contributed by atoms with van der Waals surface area (Å²) < 4.78 is 16.8. The van der Waals surface area contributed by atoms with Gasteiger partial charge in [0.25, 0.3) is 0 Å². The first-order valence-corrected chi connectivity index (χ1v) is 22.0. The number of ether oxygens (including phenoxy) is 3. The Kier molecular flexibility index (Phi) is 31.3. The van der Waals surface area contributed by atoms with E-state index in [1.807, 2.05) is 0 Å². The van der Waals surface area contributed by atoms with Crippen LogP contribution in [-0.2, 0) is 28.6 Å². The summed E-state index contributed by atoms with van der Waals surface area (Å²) in [5.74, 6) is 0.721. The Morgan fingerprint density at radius 3 is 1.98 bits per heavy atom. The minimum absolute atomic E-state index is 0.165. The molecule has 1 N–H and O–H groups in total. The third-order valence-corrected chi connectivity index (χ3v) is 10.8. The van der Waals surface area contributed by atoms with Crippen molar-refractivity contribution < 1.29 is 28.6 Å². The lowest BCUT2D eigenvalue weighted by molar-refractivity contribution is -0.154. The molecule has 0 saturated carbocycles. The number of esters is 2. The highest BCUT2D eigenvalue weighted by Crippen LogP contribution is 2.21. The van der Waals surface area contributed by atoms with Crippen molar-refractivity contribution in [2.24, 2.45) is 17.8 Å². The SMILES string of the molecule is CCCCCCCCC(CCCCCC)COC(=O)C(CCSCCC(=O)OCCCCCCCC(C)C)C(=O)NCCCN1CCOCC1. The summed E-state index contributed by atoms with van der Waals surface area (Å²) >= 11 is 1.60. The van der Waals surface area contributed by atoms with Crippen LogP contribution in [-0.4, -0.2) is 86.9 Å². The van der Waals surface area contributed by atoms with Gasteiger partial charge in [-0.3, -0.25) is 19.3 Å². The molecule has 1 saturated heterocycles. The van der Waals surface area contributed by atoms with Crippen molar-refractivity contribution in [3.63, 3.8) is 0 Å². The maximum Gasteiger partial charge on any atom is 0.318 e. The molecule has 0 aromatic rings. The van der Waals surface area contributed by atoms with E-state index in [4.69, 9.17) is 14.2 Å². The Bertz CT molecular complexity index is 823. The molecular formula is C41H78N2O6S. The molecule has 8 nitrogen and oxygen atoms in total. The Hall–Kier alpha value is -1.32. The molecular weight excluding hydrogens is 649 g/mol. The lowest BCUT2D eigenvalue weighted by atomic mass is 9.95. The number of nitrogens with zero attached hydrogens (tertiary/aromatic N) is 1. The van der Waals surface area contributed by atoms with Crippen molar-refractivity contribution in [1.82, 2.24) is 10.2 Å². The van der Waals surface area contributed by atoms with Crippen LogP contribution >= 0.6 is 11.8 Å². The number of hydrogen-bond donors (Lipinski definition) is 1. The van der Waals surface area contributed by atoms with Crippen LogP contribution in [0.3, 0.4) is 0 Å². The molecule has 0 radical (unpaired) electrons. The zero-order valence-electron chi connectivity index (χ0n) is 33.0. The van der Waals surface area contributed by atoms with Gasteiger partial charge in [0.1, 0.15) is 5.92 Å². The van der Waals surface area contributed by atoms with Gasteiger partial charge in [0, 0.05) is 25.4 Å². The summed E-state index contributed by atoms with van der Waals surface area (Å²) in [6.45, 7) is 14.7. The largest absolute Gasteiger partial charge is 0.466 e. The van der Waals surface area contributed by atoms with Gasteiger partial charge in [-0.05, 0) is 56.2 Å². The Labute approximate surface area is 312 Å². The molecule has 1 aliphatic heterocycles. The fraction of sp³-hybridized carbons (Fsp3) is 0.927. The first kappa shape index (κ1) is 46.7. The zero-order valence-corrected chi connectivity index (χ0v) is 33.8. The lowest BCUT2D eigenvalue weighted by Crippen LogP contribution is -2.40. The molecule has 1 rings (SSSR count). The Balaban J connectivity index is 2.53. The molecule has 0 aromatic heterocycles. The number of nitrogens with one attached hydrogen (secondary N) is 1. The minimum Gasteiger partial charge on any atom is -0.466 e. The van der Waals surface area contributed by atoms with Gasteiger partial charge in [0.15, 0.2) is 0 Å². The predicted octanol–water partition coefficient (Wildman–Crippen LogP) is 9.37. The molecule has 1 aliphatic rings. The predicted molar refractivity (Wildman–Crippen MR) is 210 cm³/mol. The average molecular weight is 727 g/mol. The average Bonchev–Trinajstić information content (AvgIpc) is 3.11. The van der Waals surface area contributed by atoms with E-state index >= 15 is 0 Å². The second-order valence-electron chi connectivity index (χ2n) is 14.9. The number of carbonyl (C=O) groups is 3. The number of carbonyl (C=O) groups excluding carboxylic acids is 3. The maximum absolute atomic E-state index is 13.4. The van der Waals surface area contributed by atoms with E-state index < -0.39 is 11.9 Å². The van der Waals surface area contributed by atoms with Crippen LogP contribution in [0.2, 0.25) is 0 Å². The fourth-order valence-electron chi connectivity index (χ4n) is 6.40. The molecule has 50 heavy (non-hydrogen) atoms. The van der Waals surface area contributed by atoms with Crippen molar-refractivity contribution >= 4 is 29.6 Å². The topological polar surface area (TPSA) is 94.2 Å². The molecule has 1 fully saturated rings. The minimum atomic E-state index is -0.826. The van der Waals surface area contributed by atoms with Gasteiger partial charge >= 0.3 is 11.9 Å². The number of morpholine rings is 1. The number of unbranched alkanes of at least 4 members (excludes halogenated alkanes) is 12. The van der Waals surface area contributed by atoms with Crippen LogP contribution in [0.1, 0.15) is 163 Å². The zero-order chi connectivity index (χ0) is 36.5. The van der Waals surface area contributed by atoms with Gasteiger partial charge in [-0.2, -0.15) is 11.8 Å². The normalized spacial score (nSPS) is 14.8. The number of rotatable bonds is 34. The van der Waals surface area contributed by atoms with E-state index in [0.717, 1.165) is 77.3 Å². The second-order valence-corrected chi connectivity index (χ2v) is 16.1. The quantitative estimate of drug-likeness (QED) is 0.0399. The lowest BCUT2D eigenvalue weighted by Gasteiger charge is -2.26. The third kappa shape index (κ3) is 27.3. The van der Waals surface area contributed by atoms with Crippen molar-refractivity contribution in [1.29, 1.82) is 0 Å². The van der Waals surface area contributed by atoms with E-state index in [9.17, 15) is 14.4 Å². The van der Waals surface area contributed by atoms with Crippen molar-refractivity contribution in [2.75, 3.05) is 64.1 Å². The van der Waals surface area contributed by atoms with E-state index in [2.05, 4.69) is 37.9 Å². The van der Waals surface area contributed by atoms with Crippen molar-refractivity contribution in [2.45, 2.75) is 163 Å². The summed E-state index contributed by atoms with van der Waals surface area (Å²) in [6.07, 6.45) is 23.1. The van der Waals surface area contributed by atoms with Gasteiger partial charge < -0.3 is 19.5 Å². The molecule has 2 unspecified atom stereocenters. The van der Waals surface area contributed by atoms with E-state index in [1.165, 1.54) is 83.5 Å². The molecule has 294 valence electrons. The third-order valence-electron chi connectivity index (χ3n) is 9.74. The maximum atomic E-state index is 13.4. The highest BCUT2D eigenvalue weighted by Gasteiger charge is 2.28. The molecule has 0 aliphatic carbocycles. The first-order valence-electron chi connectivity index (χ1n) is 20.8. The number of thioether (sulfide) groups is 1. The highest BCUT2D eigenvalue weighted by molar-refractivity contribution is 7.99.